The van der Waals surface area contributed by atoms with Gasteiger partial charge in [-0.2, -0.15) is 0 Å². The zero-order chi connectivity index (χ0) is 20.5. The summed E-state index contributed by atoms with van der Waals surface area (Å²) in [6.07, 6.45) is 0.177. The summed E-state index contributed by atoms with van der Waals surface area (Å²) in [5, 5.41) is 3.47. The first-order chi connectivity index (χ1) is 14.2. The minimum absolute atomic E-state index is 0.0896. The molecule has 2 atom stereocenters. The Hall–Kier alpha value is -3.11. The number of hydrogen-bond acceptors (Lipinski definition) is 4. The zero-order valence-electron chi connectivity index (χ0n) is 16.9. The molecule has 0 heterocycles. The monoisotopic (exact) mass is 389 g/mol. The average Bonchev–Trinajstić information content (AvgIpc) is 2.78. The van der Waals surface area contributed by atoms with Crippen molar-refractivity contribution < 1.29 is 14.3 Å². The lowest BCUT2D eigenvalue weighted by Crippen LogP contribution is -2.35. The lowest BCUT2D eigenvalue weighted by Gasteiger charge is -2.26. The number of rotatable bonds is 10. The molecule has 0 bridgehead atoms. The third-order valence-electron chi connectivity index (χ3n) is 4.87. The summed E-state index contributed by atoms with van der Waals surface area (Å²) in [6, 6.07) is 26.9. The maximum absolute atomic E-state index is 12.8. The molecule has 0 aliphatic carbocycles. The van der Waals surface area contributed by atoms with Gasteiger partial charge < -0.3 is 14.8 Å². The van der Waals surface area contributed by atoms with Crippen LogP contribution in [0.25, 0.3) is 0 Å². The molecular weight excluding hydrogens is 362 g/mol. The van der Waals surface area contributed by atoms with E-state index in [0.29, 0.717) is 18.6 Å². The molecule has 0 spiro atoms. The Morgan fingerprint density at radius 3 is 2.14 bits per heavy atom. The third kappa shape index (κ3) is 6.19. The molecule has 0 aliphatic rings. The van der Waals surface area contributed by atoms with Crippen molar-refractivity contribution in [1.82, 2.24) is 0 Å². The van der Waals surface area contributed by atoms with Crippen molar-refractivity contribution in [1.29, 1.82) is 0 Å². The molecule has 0 amide bonds. The second kappa shape index (κ2) is 10.4. The molecule has 3 aromatic carbocycles. The number of carbonyl (C=O) groups is 1. The number of Topliss-reactive ketones (excluding diaryl/α,β-unsaturated/α-hetero) is 1. The molecule has 3 rings (SSSR count). The van der Waals surface area contributed by atoms with E-state index in [9.17, 15) is 4.79 Å². The summed E-state index contributed by atoms with van der Waals surface area (Å²) in [5.74, 6) is 0.882. The number of nitrogens with one attached hydrogen (secondary N) is 1. The fourth-order valence-corrected chi connectivity index (χ4v) is 3.10. The number of anilines is 1. The Morgan fingerprint density at radius 1 is 0.897 bits per heavy atom. The molecule has 0 radical (unpaired) electrons. The fourth-order valence-electron chi connectivity index (χ4n) is 3.10. The van der Waals surface area contributed by atoms with Crippen LogP contribution in [0, 0.1) is 0 Å². The summed E-state index contributed by atoms with van der Waals surface area (Å²) in [4.78, 5) is 12.8. The molecule has 0 saturated carbocycles. The van der Waals surface area contributed by atoms with Crippen LogP contribution in [-0.4, -0.2) is 25.0 Å². The minimum atomic E-state index is -0.167. The molecule has 0 saturated heterocycles. The standard InChI is InChI=1S/C25H27NO3/c1-19(29-18-20-9-5-3-6-10-20)24(17-25(27)21-11-7-4-8-12-21)26-22-13-15-23(28-2)16-14-22/h3-16,19,24,26H,17-18H2,1-2H3/t19-,24+/m0/s1. The van der Waals surface area contributed by atoms with Gasteiger partial charge >= 0.3 is 0 Å². The average molecular weight is 389 g/mol. The van der Waals surface area contributed by atoms with Crippen LogP contribution in [0.15, 0.2) is 84.9 Å². The Kier molecular flexibility index (Phi) is 7.42. The summed E-state index contributed by atoms with van der Waals surface area (Å²) in [6.45, 7) is 2.50. The van der Waals surface area contributed by atoms with Crippen LogP contribution < -0.4 is 10.1 Å². The van der Waals surface area contributed by atoms with E-state index in [1.54, 1.807) is 7.11 Å². The fraction of sp³-hybridized carbons (Fsp3) is 0.240. The van der Waals surface area contributed by atoms with E-state index in [1.165, 1.54) is 0 Å². The number of carbonyl (C=O) groups excluding carboxylic acids is 1. The van der Waals surface area contributed by atoms with Crippen molar-refractivity contribution in [2.75, 3.05) is 12.4 Å². The van der Waals surface area contributed by atoms with Crippen molar-refractivity contribution in [3.05, 3.63) is 96.1 Å². The van der Waals surface area contributed by atoms with Crippen LogP contribution in [0.5, 0.6) is 5.75 Å². The van der Waals surface area contributed by atoms with E-state index in [0.717, 1.165) is 17.0 Å². The van der Waals surface area contributed by atoms with Crippen molar-refractivity contribution in [3.63, 3.8) is 0 Å². The van der Waals surface area contributed by atoms with Crippen molar-refractivity contribution >= 4 is 11.5 Å². The van der Waals surface area contributed by atoms with Gasteiger partial charge in [0.05, 0.1) is 25.9 Å². The quantitative estimate of drug-likeness (QED) is 0.475. The second-order valence-electron chi connectivity index (χ2n) is 6.97. The van der Waals surface area contributed by atoms with Crippen LogP contribution >= 0.6 is 0 Å². The van der Waals surface area contributed by atoms with Gasteiger partial charge in [-0.05, 0) is 36.8 Å². The van der Waals surface area contributed by atoms with Crippen LogP contribution in [0.1, 0.15) is 29.3 Å². The van der Waals surface area contributed by atoms with E-state index in [1.807, 2.05) is 91.9 Å². The van der Waals surface area contributed by atoms with E-state index >= 15 is 0 Å². The normalized spacial score (nSPS) is 12.8. The molecular formula is C25H27NO3. The molecule has 150 valence electrons. The second-order valence-corrected chi connectivity index (χ2v) is 6.97. The van der Waals surface area contributed by atoms with Gasteiger partial charge in [0, 0.05) is 17.7 Å². The molecule has 29 heavy (non-hydrogen) atoms. The predicted octanol–water partition coefficient (Wildman–Crippen LogP) is 5.35. The largest absolute Gasteiger partial charge is 0.497 e. The molecule has 4 heteroatoms. The predicted molar refractivity (Wildman–Crippen MR) is 116 cm³/mol. The van der Waals surface area contributed by atoms with E-state index in [2.05, 4.69) is 5.32 Å². The van der Waals surface area contributed by atoms with Crippen LogP contribution in [-0.2, 0) is 11.3 Å². The van der Waals surface area contributed by atoms with Gasteiger partial charge in [0.2, 0.25) is 0 Å². The topological polar surface area (TPSA) is 47.6 Å². The summed E-state index contributed by atoms with van der Waals surface area (Å²) < 4.78 is 11.3. The Bertz CT molecular complexity index is 879. The first-order valence-corrected chi connectivity index (χ1v) is 9.80. The molecule has 3 aromatic rings. The number of methoxy groups -OCH3 is 1. The third-order valence-corrected chi connectivity index (χ3v) is 4.87. The van der Waals surface area contributed by atoms with Gasteiger partial charge in [0.25, 0.3) is 0 Å². The lowest BCUT2D eigenvalue weighted by molar-refractivity contribution is 0.0380. The molecule has 0 aromatic heterocycles. The van der Waals surface area contributed by atoms with Gasteiger partial charge in [-0.15, -0.1) is 0 Å². The van der Waals surface area contributed by atoms with E-state index < -0.39 is 0 Å². The smallest absolute Gasteiger partial charge is 0.165 e. The van der Waals surface area contributed by atoms with Gasteiger partial charge in [-0.1, -0.05) is 60.7 Å². The van der Waals surface area contributed by atoms with Gasteiger partial charge in [-0.3, -0.25) is 4.79 Å². The molecule has 0 fully saturated rings. The summed E-state index contributed by atoms with van der Waals surface area (Å²) in [5.41, 5.74) is 2.74. The number of ether oxygens (including phenoxy) is 2. The maximum atomic E-state index is 12.8. The lowest BCUT2D eigenvalue weighted by atomic mass is 10.00. The highest BCUT2D eigenvalue weighted by Crippen LogP contribution is 2.20. The number of hydrogen-bond donors (Lipinski definition) is 1. The van der Waals surface area contributed by atoms with E-state index in [4.69, 9.17) is 9.47 Å². The Morgan fingerprint density at radius 2 is 1.52 bits per heavy atom. The highest BCUT2D eigenvalue weighted by Gasteiger charge is 2.22. The van der Waals surface area contributed by atoms with Crippen LogP contribution in [0.4, 0.5) is 5.69 Å². The molecule has 1 N–H and O–H groups in total. The highest BCUT2D eigenvalue weighted by atomic mass is 16.5. The van der Waals surface area contributed by atoms with Crippen molar-refractivity contribution in [3.8, 4) is 5.75 Å². The first kappa shape index (κ1) is 20.6. The summed E-state index contributed by atoms with van der Waals surface area (Å²) in [7, 11) is 1.64. The number of ketones is 1. The maximum Gasteiger partial charge on any atom is 0.165 e. The Balaban J connectivity index is 1.71. The Labute approximate surface area is 172 Å². The van der Waals surface area contributed by atoms with Crippen molar-refractivity contribution in [2.24, 2.45) is 0 Å². The SMILES string of the molecule is COc1ccc(N[C@H](CC(=O)c2ccccc2)[C@H](C)OCc2ccccc2)cc1. The molecule has 0 aliphatic heterocycles. The van der Waals surface area contributed by atoms with Gasteiger partial charge in [0.15, 0.2) is 5.78 Å². The highest BCUT2D eigenvalue weighted by molar-refractivity contribution is 5.96. The molecule has 0 unspecified atom stereocenters. The summed E-state index contributed by atoms with van der Waals surface area (Å²) >= 11 is 0. The molecule has 4 nitrogen and oxygen atoms in total. The van der Waals surface area contributed by atoms with E-state index in [-0.39, 0.29) is 17.9 Å². The van der Waals surface area contributed by atoms with Gasteiger partial charge in [0.1, 0.15) is 5.75 Å². The number of benzene rings is 3. The minimum Gasteiger partial charge on any atom is -0.497 e. The first-order valence-electron chi connectivity index (χ1n) is 9.80. The van der Waals surface area contributed by atoms with Crippen molar-refractivity contribution in [2.45, 2.75) is 32.1 Å². The van der Waals surface area contributed by atoms with Gasteiger partial charge in [-0.25, -0.2) is 0 Å². The van der Waals surface area contributed by atoms with Crippen LogP contribution in [0.3, 0.4) is 0 Å². The zero-order valence-corrected chi connectivity index (χ0v) is 16.9. The van der Waals surface area contributed by atoms with Crippen LogP contribution in [0.2, 0.25) is 0 Å².